The lowest BCUT2D eigenvalue weighted by atomic mass is 9.95. The molecule has 5 nitrogen and oxygen atoms in total. The van der Waals surface area contributed by atoms with Crippen molar-refractivity contribution >= 4 is 23.2 Å². The average Bonchev–Trinajstić information content (AvgIpc) is 2.61. The highest BCUT2D eigenvalue weighted by Gasteiger charge is 2.24. The van der Waals surface area contributed by atoms with Crippen LogP contribution in [0.4, 0.5) is 14.5 Å². The third-order valence-corrected chi connectivity index (χ3v) is 4.33. The van der Waals surface area contributed by atoms with Crippen LogP contribution in [0.1, 0.15) is 30.1 Å². The smallest absolute Gasteiger partial charge is 0.277 e. The van der Waals surface area contributed by atoms with Gasteiger partial charge in [0.2, 0.25) is 0 Å². The summed E-state index contributed by atoms with van der Waals surface area (Å²) in [6.45, 7) is 1.53. The molecule has 0 spiro atoms. The minimum absolute atomic E-state index is 0.124. The normalized spacial score (nSPS) is 19.5. The topological polar surface area (TPSA) is 70.6 Å². The van der Waals surface area contributed by atoms with Crippen LogP contribution in [0.15, 0.2) is 36.1 Å². The summed E-state index contributed by atoms with van der Waals surface area (Å²) in [5.74, 6) is -3.03. The van der Waals surface area contributed by atoms with E-state index in [1.165, 1.54) is 0 Å². The van der Waals surface area contributed by atoms with Gasteiger partial charge in [-0.25, -0.2) is 14.3 Å². The first-order chi connectivity index (χ1) is 11.9. The fourth-order valence-electron chi connectivity index (χ4n) is 2.23. The van der Waals surface area contributed by atoms with Gasteiger partial charge in [-0.05, 0) is 31.1 Å². The number of benzene rings is 1. The van der Waals surface area contributed by atoms with Crippen LogP contribution in [0.5, 0.6) is 0 Å². The highest BCUT2D eigenvalue weighted by Crippen LogP contribution is 2.32. The molecule has 0 heterocycles. The number of halogens is 3. The molecule has 25 heavy (non-hydrogen) atoms. The molecule has 0 aliphatic heterocycles. The summed E-state index contributed by atoms with van der Waals surface area (Å²) in [7, 11) is 0. The van der Waals surface area contributed by atoms with Crippen molar-refractivity contribution in [2.75, 3.05) is 18.5 Å². The molecule has 136 valence electrons. The Morgan fingerprint density at radius 1 is 1.44 bits per heavy atom. The Labute approximate surface area is 149 Å². The van der Waals surface area contributed by atoms with Gasteiger partial charge in [-0.3, -0.25) is 9.63 Å². The lowest BCUT2D eigenvalue weighted by Gasteiger charge is -2.24. The van der Waals surface area contributed by atoms with Gasteiger partial charge in [0, 0.05) is 5.70 Å². The maximum absolute atomic E-state index is 14.2. The lowest BCUT2D eigenvalue weighted by molar-refractivity contribution is 0.0168. The molecule has 1 atom stereocenters. The first-order valence-corrected chi connectivity index (χ1v) is 8.14. The van der Waals surface area contributed by atoms with Crippen molar-refractivity contribution in [2.45, 2.75) is 24.6 Å². The van der Waals surface area contributed by atoms with Crippen LogP contribution in [-0.4, -0.2) is 29.1 Å². The number of rotatable bonds is 7. The van der Waals surface area contributed by atoms with Crippen LogP contribution in [0.25, 0.3) is 0 Å². The SMILES string of the molecule is CCC1(Cl)C=CC(Nc2c(C(=O)NOCCO)ccc(F)c2F)=CC1. The van der Waals surface area contributed by atoms with Gasteiger partial charge in [-0.15, -0.1) is 11.6 Å². The van der Waals surface area contributed by atoms with Crippen LogP contribution in [0.3, 0.4) is 0 Å². The standard InChI is InChI=1S/C17H19ClF2N2O3/c1-2-17(18)7-5-11(6-8-17)21-15-12(3-4-13(19)14(15)20)16(24)22-25-10-9-23/h3-7,21,23H,2,8-10H2,1H3,(H,22,24). The molecule has 3 N–H and O–H groups in total. The zero-order chi connectivity index (χ0) is 18.4. The Kier molecular flexibility index (Phi) is 6.52. The molecule has 8 heteroatoms. The van der Waals surface area contributed by atoms with Gasteiger partial charge >= 0.3 is 0 Å². The molecular formula is C17H19ClF2N2O3. The molecule has 0 radical (unpaired) electrons. The van der Waals surface area contributed by atoms with E-state index in [1.54, 1.807) is 18.2 Å². The number of aliphatic hydroxyl groups is 1. The highest BCUT2D eigenvalue weighted by atomic mass is 35.5. The molecule has 1 aliphatic carbocycles. The van der Waals surface area contributed by atoms with E-state index in [0.717, 1.165) is 18.6 Å². The maximum Gasteiger partial charge on any atom is 0.277 e. The number of carbonyl (C=O) groups excluding carboxylic acids is 1. The van der Waals surface area contributed by atoms with E-state index in [1.807, 2.05) is 6.92 Å². The number of hydrogen-bond donors (Lipinski definition) is 3. The van der Waals surface area contributed by atoms with Gasteiger partial charge in [0.15, 0.2) is 11.6 Å². The zero-order valence-electron chi connectivity index (χ0n) is 13.6. The fraction of sp³-hybridized carbons (Fsp3) is 0.353. The summed E-state index contributed by atoms with van der Waals surface area (Å²) in [6, 6.07) is 2.00. The van der Waals surface area contributed by atoms with Crippen LogP contribution in [-0.2, 0) is 4.84 Å². The number of hydrogen-bond acceptors (Lipinski definition) is 4. The predicted molar refractivity (Wildman–Crippen MR) is 91.2 cm³/mol. The lowest BCUT2D eigenvalue weighted by Crippen LogP contribution is -2.26. The Morgan fingerprint density at radius 3 is 2.80 bits per heavy atom. The van der Waals surface area contributed by atoms with Crippen LogP contribution >= 0.6 is 11.6 Å². The third-order valence-electron chi connectivity index (χ3n) is 3.78. The Morgan fingerprint density at radius 2 is 2.20 bits per heavy atom. The number of anilines is 1. The van der Waals surface area contributed by atoms with Crippen LogP contribution in [0.2, 0.25) is 0 Å². The second kappa shape index (κ2) is 8.42. The predicted octanol–water partition coefficient (Wildman–Crippen LogP) is 3.26. The molecule has 1 unspecified atom stereocenters. The number of carbonyl (C=O) groups is 1. The first kappa shape index (κ1) is 19.4. The number of aliphatic hydroxyl groups excluding tert-OH is 1. The second-order valence-electron chi connectivity index (χ2n) is 5.50. The zero-order valence-corrected chi connectivity index (χ0v) is 14.4. The number of allylic oxidation sites excluding steroid dienone is 3. The number of hydroxylamine groups is 1. The van der Waals surface area contributed by atoms with Gasteiger partial charge in [-0.1, -0.05) is 19.1 Å². The van der Waals surface area contributed by atoms with E-state index < -0.39 is 22.4 Å². The highest BCUT2D eigenvalue weighted by molar-refractivity contribution is 6.25. The summed E-state index contributed by atoms with van der Waals surface area (Å²) >= 11 is 6.34. The fourth-order valence-corrected chi connectivity index (χ4v) is 2.37. The first-order valence-electron chi connectivity index (χ1n) is 7.76. The summed E-state index contributed by atoms with van der Waals surface area (Å²) in [4.78, 5) is 16.3. The van der Waals surface area contributed by atoms with Crippen molar-refractivity contribution in [3.05, 3.63) is 53.3 Å². The molecule has 2 rings (SSSR count). The minimum atomic E-state index is -1.18. The Bertz CT molecular complexity index is 709. The van der Waals surface area contributed by atoms with Crippen molar-refractivity contribution < 1.29 is 23.5 Å². The quantitative estimate of drug-likeness (QED) is 0.390. The largest absolute Gasteiger partial charge is 0.394 e. The van der Waals surface area contributed by atoms with Crippen molar-refractivity contribution in [1.82, 2.24) is 5.48 Å². The third kappa shape index (κ3) is 4.78. The summed E-state index contributed by atoms with van der Waals surface area (Å²) in [6.07, 6.45) is 6.43. The molecule has 1 aliphatic rings. The summed E-state index contributed by atoms with van der Waals surface area (Å²) < 4.78 is 27.8. The van der Waals surface area contributed by atoms with E-state index in [-0.39, 0.29) is 24.5 Å². The molecule has 0 fully saturated rings. The molecular weight excluding hydrogens is 354 g/mol. The van der Waals surface area contributed by atoms with Crippen LogP contribution in [0, 0.1) is 11.6 Å². The number of amides is 1. The average molecular weight is 373 g/mol. The van der Waals surface area contributed by atoms with Crippen LogP contribution < -0.4 is 10.8 Å². The van der Waals surface area contributed by atoms with Crippen molar-refractivity contribution in [3.8, 4) is 0 Å². The minimum Gasteiger partial charge on any atom is -0.394 e. The van der Waals surface area contributed by atoms with E-state index in [9.17, 15) is 13.6 Å². The van der Waals surface area contributed by atoms with Gasteiger partial charge < -0.3 is 10.4 Å². The summed E-state index contributed by atoms with van der Waals surface area (Å²) in [5.41, 5.74) is 2.12. The Balaban J connectivity index is 2.23. The molecule has 0 saturated carbocycles. The molecule has 0 saturated heterocycles. The van der Waals surface area contributed by atoms with Crippen molar-refractivity contribution in [3.63, 3.8) is 0 Å². The van der Waals surface area contributed by atoms with Gasteiger partial charge in [0.05, 0.1) is 29.3 Å². The van der Waals surface area contributed by atoms with E-state index in [0.29, 0.717) is 12.1 Å². The van der Waals surface area contributed by atoms with E-state index >= 15 is 0 Å². The van der Waals surface area contributed by atoms with E-state index in [2.05, 4.69) is 10.8 Å². The van der Waals surface area contributed by atoms with Gasteiger partial charge in [0.25, 0.3) is 5.91 Å². The summed E-state index contributed by atoms with van der Waals surface area (Å²) in [5, 5.41) is 11.4. The van der Waals surface area contributed by atoms with E-state index in [4.69, 9.17) is 21.5 Å². The molecule has 0 aromatic heterocycles. The number of alkyl halides is 1. The van der Waals surface area contributed by atoms with Crippen molar-refractivity contribution in [1.29, 1.82) is 0 Å². The maximum atomic E-state index is 14.2. The van der Waals surface area contributed by atoms with Gasteiger partial charge in [-0.2, -0.15) is 0 Å². The molecule has 1 aromatic rings. The molecule has 0 bridgehead atoms. The Hall–Kier alpha value is -1.96. The monoisotopic (exact) mass is 372 g/mol. The van der Waals surface area contributed by atoms with Crippen molar-refractivity contribution in [2.24, 2.45) is 0 Å². The van der Waals surface area contributed by atoms with Gasteiger partial charge in [0.1, 0.15) is 0 Å². The second-order valence-corrected chi connectivity index (χ2v) is 6.25. The number of nitrogens with one attached hydrogen (secondary N) is 2. The molecule has 1 aromatic carbocycles. The molecule has 1 amide bonds.